The van der Waals surface area contributed by atoms with Crippen molar-refractivity contribution in [1.29, 1.82) is 0 Å². The molecule has 0 bridgehead atoms. The molecule has 7 nitrogen and oxygen atoms in total. The number of hydrogen-bond acceptors (Lipinski definition) is 5. The number of ether oxygens (including phenoxy) is 2. The van der Waals surface area contributed by atoms with Crippen LogP contribution in [-0.2, 0) is 11.3 Å². The number of amides is 1. The molecular weight excluding hydrogens is 320 g/mol. The molecule has 0 radical (unpaired) electrons. The fourth-order valence-electron chi connectivity index (χ4n) is 2.44. The summed E-state index contributed by atoms with van der Waals surface area (Å²) in [4.78, 5) is 20.9. The van der Waals surface area contributed by atoms with Crippen molar-refractivity contribution in [3.63, 3.8) is 0 Å². The van der Waals surface area contributed by atoms with E-state index >= 15 is 0 Å². The van der Waals surface area contributed by atoms with Crippen LogP contribution in [0.3, 0.4) is 0 Å². The number of nitrogens with zero attached hydrogens (tertiary/aromatic N) is 3. The lowest BCUT2D eigenvalue weighted by molar-refractivity contribution is 0.0949. The molecule has 0 aromatic carbocycles. The molecule has 1 amide bonds. The van der Waals surface area contributed by atoms with Crippen LogP contribution in [0.2, 0.25) is 0 Å². The predicted octanol–water partition coefficient (Wildman–Crippen LogP) is 1.99. The number of imidazole rings is 1. The van der Waals surface area contributed by atoms with E-state index in [0.29, 0.717) is 31.2 Å². The second-order valence-corrected chi connectivity index (χ2v) is 5.51. The first-order valence-electron chi connectivity index (χ1n) is 7.96. The summed E-state index contributed by atoms with van der Waals surface area (Å²) in [6.45, 7) is 3.11. The molecule has 0 unspecified atom stereocenters. The van der Waals surface area contributed by atoms with Crippen molar-refractivity contribution in [2.75, 3.05) is 20.3 Å². The van der Waals surface area contributed by atoms with Crippen LogP contribution in [0.25, 0.3) is 5.52 Å². The number of carbonyl (C=O) groups excluding carboxylic acids is 1. The van der Waals surface area contributed by atoms with Crippen LogP contribution in [0.4, 0.5) is 0 Å². The average molecular weight is 340 g/mol. The van der Waals surface area contributed by atoms with E-state index in [1.165, 1.54) is 0 Å². The van der Waals surface area contributed by atoms with Crippen molar-refractivity contribution in [1.82, 2.24) is 19.7 Å². The van der Waals surface area contributed by atoms with Gasteiger partial charge in [0.2, 0.25) is 5.88 Å². The van der Waals surface area contributed by atoms with E-state index in [1.54, 1.807) is 31.8 Å². The minimum absolute atomic E-state index is 0.165. The summed E-state index contributed by atoms with van der Waals surface area (Å²) in [5.74, 6) is 1.17. The average Bonchev–Trinajstić information content (AvgIpc) is 3.01. The molecule has 3 aromatic heterocycles. The number of pyridine rings is 2. The molecule has 3 rings (SSSR count). The summed E-state index contributed by atoms with van der Waals surface area (Å²) in [7, 11) is 1.61. The zero-order valence-electron chi connectivity index (χ0n) is 14.2. The third kappa shape index (κ3) is 3.95. The van der Waals surface area contributed by atoms with Crippen molar-refractivity contribution < 1.29 is 14.3 Å². The lowest BCUT2D eigenvalue weighted by atomic mass is 10.2. The molecule has 0 aliphatic heterocycles. The van der Waals surface area contributed by atoms with Crippen LogP contribution in [0, 0.1) is 6.92 Å². The third-order valence-electron chi connectivity index (χ3n) is 3.79. The van der Waals surface area contributed by atoms with E-state index < -0.39 is 0 Å². The van der Waals surface area contributed by atoms with Gasteiger partial charge in [0.25, 0.3) is 5.91 Å². The topological polar surface area (TPSA) is 77.8 Å². The van der Waals surface area contributed by atoms with Crippen molar-refractivity contribution >= 4 is 11.4 Å². The number of nitrogens with one attached hydrogen (secondary N) is 1. The molecule has 0 atom stereocenters. The second kappa shape index (κ2) is 7.76. The van der Waals surface area contributed by atoms with Crippen LogP contribution in [-0.4, -0.2) is 40.6 Å². The van der Waals surface area contributed by atoms with Gasteiger partial charge in [0.1, 0.15) is 12.4 Å². The molecule has 0 saturated heterocycles. The number of aryl methyl sites for hydroxylation is 1. The number of carbonyl (C=O) groups is 1. The zero-order chi connectivity index (χ0) is 17.6. The molecule has 7 heteroatoms. The van der Waals surface area contributed by atoms with E-state index in [2.05, 4.69) is 15.3 Å². The predicted molar refractivity (Wildman–Crippen MR) is 92.7 cm³/mol. The van der Waals surface area contributed by atoms with Gasteiger partial charge in [-0.1, -0.05) is 6.07 Å². The summed E-state index contributed by atoms with van der Waals surface area (Å²) in [5.41, 5.74) is 2.33. The van der Waals surface area contributed by atoms with Gasteiger partial charge >= 0.3 is 0 Å². The summed E-state index contributed by atoms with van der Waals surface area (Å²) < 4.78 is 12.4. The van der Waals surface area contributed by atoms with E-state index in [1.807, 2.05) is 29.5 Å². The first-order chi connectivity index (χ1) is 12.2. The monoisotopic (exact) mass is 340 g/mol. The lowest BCUT2D eigenvalue weighted by Gasteiger charge is -2.11. The first kappa shape index (κ1) is 16.9. The maximum Gasteiger partial charge on any atom is 0.253 e. The highest BCUT2D eigenvalue weighted by molar-refractivity contribution is 5.94. The minimum Gasteiger partial charge on any atom is -0.475 e. The molecule has 0 aliphatic carbocycles. The Kier molecular flexibility index (Phi) is 5.25. The largest absolute Gasteiger partial charge is 0.475 e. The van der Waals surface area contributed by atoms with E-state index in [-0.39, 0.29) is 5.91 Å². The Labute approximate surface area is 145 Å². The van der Waals surface area contributed by atoms with Gasteiger partial charge in [-0.2, -0.15) is 0 Å². The van der Waals surface area contributed by atoms with Crippen LogP contribution < -0.4 is 10.1 Å². The molecule has 3 aromatic rings. The highest BCUT2D eigenvalue weighted by Crippen LogP contribution is 2.14. The quantitative estimate of drug-likeness (QED) is 0.666. The van der Waals surface area contributed by atoms with Gasteiger partial charge in [-0.25, -0.2) is 9.97 Å². The molecule has 0 aliphatic rings. The summed E-state index contributed by atoms with van der Waals surface area (Å²) in [6, 6.07) is 7.34. The van der Waals surface area contributed by atoms with Crippen LogP contribution >= 0.6 is 0 Å². The van der Waals surface area contributed by atoms with Crippen molar-refractivity contribution in [2.24, 2.45) is 0 Å². The highest BCUT2D eigenvalue weighted by Gasteiger charge is 2.10. The van der Waals surface area contributed by atoms with Gasteiger partial charge in [0.05, 0.1) is 23.9 Å². The first-order valence-corrected chi connectivity index (χ1v) is 7.96. The highest BCUT2D eigenvalue weighted by atomic mass is 16.5. The smallest absolute Gasteiger partial charge is 0.253 e. The fraction of sp³-hybridized carbons (Fsp3) is 0.278. The van der Waals surface area contributed by atoms with Gasteiger partial charge in [-0.15, -0.1) is 0 Å². The molecule has 130 valence electrons. The summed E-state index contributed by atoms with van der Waals surface area (Å²) in [6.07, 6.45) is 5.21. The Morgan fingerprint density at radius 2 is 2.12 bits per heavy atom. The maximum atomic E-state index is 12.4. The lowest BCUT2D eigenvalue weighted by Crippen LogP contribution is -2.23. The zero-order valence-corrected chi connectivity index (χ0v) is 14.2. The summed E-state index contributed by atoms with van der Waals surface area (Å²) in [5, 5.41) is 2.90. The normalized spacial score (nSPS) is 10.8. The van der Waals surface area contributed by atoms with E-state index in [0.717, 1.165) is 16.9 Å². The molecule has 0 spiro atoms. The number of aromatic nitrogens is 3. The molecule has 3 heterocycles. The third-order valence-corrected chi connectivity index (χ3v) is 3.79. The number of methoxy groups -OCH3 is 1. The number of rotatable bonds is 7. The Balaban J connectivity index is 1.68. The van der Waals surface area contributed by atoms with Crippen LogP contribution in [0.1, 0.15) is 21.7 Å². The fourth-order valence-corrected chi connectivity index (χ4v) is 2.44. The molecule has 1 N–H and O–H groups in total. The molecular formula is C18H20N4O3. The second-order valence-electron chi connectivity index (χ2n) is 5.51. The molecule has 0 saturated carbocycles. The van der Waals surface area contributed by atoms with Gasteiger partial charge < -0.3 is 19.2 Å². The Hall–Kier alpha value is -2.93. The number of fused-ring (bicyclic) bond motifs is 1. The number of hydrogen-bond donors (Lipinski definition) is 1. The Bertz CT molecular complexity index is 876. The van der Waals surface area contributed by atoms with Crippen molar-refractivity contribution in [3.8, 4) is 5.88 Å². The Morgan fingerprint density at radius 1 is 1.24 bits per heavy atom. The van der Waals surface area contributed by atoms with Gasteiger partial charge in [-0.3, -0.25) is 4.79 Å². The van der Waals surface area contributed by atoms with Crippen LogP contribution in [0.15, 0.2) is 42.9 Å². The van der Waals surface area contributed by atoms with E-state index in [9.17, 15) is 4.79 Å². The van der Waals surface area contributed by atoms with Gasteiger partial charge in [0.15, 0.2) is 0 Å². The molecule has 0 fully saturated rings. The molecule has 25 heavy (non-hydrogen) atoms. The van der Waals surface area contributed by atoms with Crippen molar-refractivity contribution in [2.45, 2.75) is 13.5 Å². The van der Waals surface area contributed by atoms with Gasteiger partial charge in [-0.05, 0) is 25.1 Å². The van der Waals surface area contributed by atoms with Crippen molar-refractivity contribution in [3.05, 3.63) is 59.8 Å². The standard InChI is InChI=1S/C18H20N4O3/c1-13-20-11-16-6-5-15(12-22(13)16)17(23)21-10-14-4-3-7-19-18(14)25-9-8-24-2/h3-7,11-12H,8-10H2,1-2H3,(H,21,23). The van der Waals surface area contributed by atoms with Gasteiger partial charge in [0, 0.05) is 31.6 Å². The minimum atomic E-state index is -0.165. The maximum absolute atomic E-state index is 12.4. The SMILES string of the molecule is COCCOc1ncccc1CNC(=O)c1ccc2cnc(C)n2c1. The van der Waals surface area contributed by atoms with E-state index in [4.69, 9.17) is 9.47 Å². The summed E-state index contributed by atoms with van der Waals surface area (Å²) >= 11 is 0. The van der Waals surface area contributed by atoms with Crippen LogP contribution in [0.5, 0.6) is 5.88 Å². The Morgan fingerprint density at radius 3 is 2.96 bits per heavy atom.